The predicted octanol–water partition coefficient (Wildman–Crippen LogP) is -1.24. The zero-order chi connectivity index (χ0) is 39.5. The minimum absolute atomic E-state index is 0.186. The Bertz CT molecular complexity index is 1870. The van der Waals surface area contributed by atoms with Crippen molar-refractivity contribution >= 4 is 58.2 Å². The van der Waals surface area contributed by atoms with Gasteiger partial charge in [-0.25, -0.2) is 0 Å². The van der Waals surface area contributed by atoms with Gasteiger partial charge in [-0.15, -0.1) is 0 Å². The highest BCUT2D eigenvalue weighted by Crippen LogP contribution is 2.19. The van der Waals surface area contributed by atoms with E-state index in [0.717, 1.165) is 0 Å². The number of hydrogen-bond acceptors (Lipinski definition) is 10. The maximum absolute atomic E-state index is 13.0. The van der Waals surface area contributed by atoms with E-state index in [4.69, 9.17) is 17.2 Å². The van der Waals surface area contributed by atoms with Crippen molar-refractivity contribution in [2.45, 2.75) is 0 Å². The monoisotopic (exact) mass is 748 g/mol. The van der Waals surface area contributed by atoms with Gasteiger partial charge in [-0.05, 0) is 24.3 Å². The van der Waals surface area contributed by atoms with Gasteiger partial charge < -0.3 is 67.4 Å². The van der Waals surface area contributed by atoms with E-state index in [1.807, 2.05) is 4.90 Å². The number of nitrogens with one attached hydrogen (secondary N) is 6. The second-order valence-corrected chi connectivity index (χ2v) is 12.5. The first-order valence-corrected chi connectivity index (χ1v) is 17.0. The molecule has 0 atom stereocenters. The van der Waals surface area contributed by atoms with Crippen LogP contribution in [0.15, 0.2) is 49.1 Å². The quantitative estimate of drug-likeness (QED) is 0.0584. The Hall–Kier alpha value is -6.22. The summed E-state index contributed by atoms with van der Waals surface area (Å²) in [4.78, 5) is 77.1. The topological polar surface area (TPSA) is 276 Å². The van der Waals surface area contributed by atoms with Crippen LogP contribution < -0.4 is 49.1 Å². The molecule has 4 heterocycles. The van der Waals surface area contributed by atoms with Crippen molar-refractivity contribution in [1.29, 1.82) is 0 Å². The third-order valence-corrected chi connectivity index (χ3v) is 8.28. The second kappa shape index (κ2) is 18.5. The highest BCUT2D eigenvalue weighted by atomic mass is 16.2. The number of aryl methyl sites for hydroxylation is 4. The molecule has 4 aromatic rings. The molecule has 0 aromatic carbocycles. The van der Waals surface area contributed by atoms with Crippen LogP contribution in [-0.4, -0.2) is 111 Å². The minimum atomic E-state index is -0.429. The molecule has 12 N–H and O–H groups in total. The van der Waals surface area contributed by atoms with Crippen molar-refractivity contribution in [3.05, 3.63) is 71.8 Å². The van der Waals surface area contributed by atoms with Crippen molar-refractivity contribution in [1.82, 2.24) is 33.8 Å². The molecule has 0 aliphatic heterocycles. The molecular formula is C34H48N14O6. The number of carbonyl (C=O) groups excluding carboxylic acids is 6. The third kappa shape index (κ3) is 10.7. The standard InChI is InChI=1S/C34H48N14O6/c1-44-19-23(42-33(53)27-11-21(17-46(27)3)40-29(49)15-36)13-25(44)31(51)38-6-9-48(8-5-35)10-7-39-32(52)26-14-24(20-45(26)2)43-34(54)28-12-22(18-47(28)4)41-30(50)16-37/h11-14,17-20H,5-10,15-16,35-37H2,1-4H3,(H,38,51)(H,39,52)(H,40,49)(H,41,50)(H,42,53)(H,43,54). The molecule has 54 heavy (non-hydrogen) atoms. The Balaban J connectivity index is 1.24. The Morgan fingerprint density at radius 2 is 0.815 bits per heavy atom. The molecule has 0 aliphatic rings. The van der Waals surface area contributed by atoms with Crippen molar-refractivity contribution in [3.8, 4) is 0 Å². The molecular weight excluding hydrogens is 700 g/mol. The van der Waals surface area contributed by atoms with Crippen molar-refractivity contribution in [2.75, 3.05) is 73.6 Å². The lowest BCUT2D eigenvalue weighted by molar-refractivity contribution is -0.115. The fourth-order valence-corrected chi connectivity index (χ4v) is 5.60. The van der Waals surface area contributed by atoms with E-state index in [1.54, 1.807) is 83.4 Å². The molecule has 0 radical (unpaired) electrons. The maximum atomic E-state index is 13.0. The molecule has 0 fully saturated rings. The average molecular weight is 749 g/mol. The van der Waals surface area contributed by atoms with E-state index in [0.29, 0.717) is 84.8 Å². The molecule has 20 heteroatoms. The molecule has 0 saturated carbocycles. The highest BCUT2D eigenvalue weighted by molar-refractivity contribution is 6.06. The predicted molar refractivity (Wildman–Crippen MR) is 203 cm³/mol. The van der Waals surface area contributed by atoms with Gasteiger partial charge in [-0.3, -0.25) is 33.7 Å². The summed E-state index contributed by atoms with van der Waals surface area (Å²) in [6.45, 7) is 2.03. The van der Waals surface area contributed by atoms with Crippen LogP contribution in [0.4, 0.5) is 22.7 Å². The van der Waals surface area contributed by atoms with Crippen LogP contribution >= 0.6 is 0 Å². The number of anilines is 4. The number of carbonyl (C=O) groups is 6. The molecule has 0 unspecified atom stereocenters. The van der Waals surface area contributed by atoms with Gasteiger partial charge >= 0.3 is 0 Å². The minimum Gasteiger partial charge on any atom is -0.349 e. The molecule has 0 aliphatic carbocycles. The molecule has 6 amide bonds. The summed E-state index contributed by atoms with van der Waals surface area (Å²) in [7, 11) is 6.71. The van der Waals surface area contributed by atoms with Gasteiger partial charge in [-0.2, -0.15) is 0 Å². The second-order valence-electron chi connectivity index (χ2n) is 12.5. The number of nitrogens with two attached hydrogens (primary N) is 3. The summed E-state index contributed by atoms with van der Waals surface area (Å²) in [6.07, 6.45) is 6.42. The van der Waals surface area contributed by atoms with E-state index in [9.17, 15) is 28.8 Å². The summed E-state index contributed by atoms with van der Waals surface area (Å²) < 4.78 is 6.32. The first kappa shape index (κ1) is 40.5. The number of amides is 6. The fourth-order valence-electron chi connectivity index (χ4n) is 5.60. The van der Waals surface area contributed by atoms with Gasteiger partial charge in [-0.1, -0.05) is 0 Å². The van der Waals surface area contributed by atoms with Crippen LogP contribution in [0.25, 0.3) is 0 Å². The summed E-state index contributed by atoms with van der Waals surface area (Å²) in [5, 5.41) is 16.5. The van der Waals surface area contributed by atoms with Gasteiger partial charge in [0, 0.05) is 92.2 Å². The van der Waals surface area contributed by atoms with Gasteiger partial charge in [0.15, 0.2) is 0 Å². The summed E-state index contributed by atoms with van der Waals surface area (Å²) in [6, 6.07) is 6.17. The Morgan fingerprint density at radius 1 is 0.500 bits per heavy atom. The lowest BCUT2D eigenvalue weighted by atomic mass is 10.3. The summed E-state index contributed by atoms with van der Waals surface area (Å²) >= 11 is 0. The molecule has 4 aromatic heterocycles. The van der Waals surface area contributed by atoms with Gasteiger partial charge in [0.1, 0.15) is 22.8 Å². The van der Waals surface area contributed by atoms with E-state index in [1.165, 1.54) is 12.1 Å². The fraction of sp³-hybridized carbons (Fsp3) is 0.353. The number of nitrogens with zero attached hydrogens (tertiary/aromatic N) is 5. The summed E-state index contributed by atoms with van der Waals surface area (Å²) in [5.41, 5.74) is 19.4. The van der Waals surface area contributed by atoms with Crippen LogP contribution in [0.3, 0.4) is 0 Å². The van der Waals surface area contributed by atoms with Crippen LogP contribution in [0, 0.1) is 0 Å². The Morgan fingerprint density at radius 3 is 1.13 bits per heavy atom. The maximum Gasteiger partial charge on any atom is 0.272 e. The molecule has 20 nitrogen and oxygen atoms in total. The first-order chi connectivity index (χ1) is 25.7. The summed E-state index contributed by atoms with van der Waals surface area (Å²) in [5.74, 6) is -2.32. The average Bonchev–Trinajstić information content (AvgIpc) is 3.89. The lowest BCUT2D eigenvalue weighted by Crippen LogP contribution is -2.42. The highest BCUT2D eigenvalue weighted by Gasteiger charge is 2.19. The number of rotatable bonds is 18. The molecule has 4 rings (SSSR count). The Kier molecular flexibility index (Phi) is 13.9. The first-order valence-electron chi connectivity index (χ1n) is 17.0. The van der Waals surface area contributed by atoms with Crippen LogP contribution in [0.2, 0.25) is 0 Å². The largest absolute Gasteiger partial charge is 0.349 e. The van der Waals surface area contributed by atoms with Crippen LogP contribution in [0.5, 0.6) is 0 Å². The molecule has 0 spiro atoms. The SMILES string of the molecule is Cn1cc(NC(=O)c2cc(NC(=O)CN)cn2C)cc1C(=O)NCCN(CCN)CCNC(=O)c1cc(NC(=O)c2cc(NC(=O)CN)cn2C)cn1C. The molecule has 0 bridgehead atoms. The van der Waals surface area contributed by atoms with E-state index in [-0.39, 0.29) is 36.7 Å². The van der Waals surface area contributed by atoms with Gasteiger partial charge in [0.05, 0.1) is 35.8 Å². The third-order valence-electron chi connectivity index (χ3n) is 8.28. The number of hydrogen-bond donors (Lipinski definition) is 9. The molecule has 290 valence electrons. The van der Waals surface area contributed by atoms with Crippen molar-refractivity contribution in [2.24, 2.45) is 45.4 Å². The van der Waals surface area contributed by atoms with E-state index in [2.05, 4.69) is 31.9 Å². The zero-order valence-electron chi connectivity index (χ0n) is 30.7. The Labute approximate surface area is 311 Å². The van der Waals surface area contributed by atoms with Gasteiger partial charge in [0.2, 0.25) is 11.8 Å². The van der Waals surface area contributed by atoms with Crippen molar-refractivity contribution < 1.29 is 28.8 Å². The smallest absolute Gasteiger partial charge is 0.272 e. The zero-order valence-corrected chi connectivity index (χ0v) is 30.7. The van der Waals surface area contributed by atoms with Gasteiger partial charge in [0.25, 0.3) is 23.6 Å². The molecule has 0 saturated heterocycles. The lowest BCUT2D eigenvalue weighted by Gasteiger charge is -2.22. The number of aromatic nitrogens is 4. The normalized spacial score (nSPS) is 11.0. The van der Waals surface area contributed by atoms with Crippen LogP contribution in [0.1, 0.15) is 42.0 Å². The van der Waals surface area contributed by atoms with Crippen molar-refractivity contribution in [3.63, 3.8) is 0 Å². The van der Waals surface area contributed by atoms with Crippen LogP contribution in [-0.2, 0) is 37.8 Å². The van der Waals surface area contributed by atoms with E-state index < -0.39 is 11.8 Å². The van der Waals surface area contributed by atoms with E-state index >= 15 is 0 Å².